The van der Waals surface area contributed by atoms with Crippen molar-refractivity contribution in [3.05, 3.63) is 99.2 Å². The van der Waals surface area contributed by atoms with Crippen LogP contribution in [0.4, 0.5) is 11.4 Å². The Balaban J connectivity index is 1.46. The highest BCUT2D eigenvalue weighted by Gasteiger charge is 2.27. The monoisotopic (exact) mass is 541 g/mol. The van der Waals surface area contributed by atoms with E-state index in [-0.39, 0.29) is 5.91 Å². The Morgan fingerprint density at radius 3 is 2.50 bits per heavy atom. The molecular weight excluding hydrogens is 529 g/mol. The molecule has 5 rings (SSSR count). The molecule has 3 nitrogen and oxygen atoms in total. The number of carbonyl (C=O) groups is 1. The second-order valence-electron chi connectivity index (χ2n) is 7.01. The fourth-order valence-corrected chi connectivity index (χ4v) is 5.55. The Morgan fingerprint density at radius 1 is 0.906 bits per heavy atom. The minimum Gasteiger partial charge on any atom is -0.457 e. The van der Waals surface area contributed by atoms with Crippen molar-refractivity contribution in [3.63, 3.8) is 0 Å². The highest BCUT2D eigenvalue weighted by atomic mass is 79.9. The van der Waals surface area contributed by atoms with Crippen LogP contribution in [0.3, 0.4) is 0 Å². The number of rotatable bonds is 3. The van der Waals surface area contributed by atoms with E-state index in [1.54, 1.807) is 28.8 Å². The van der Waals surface area contributed by atoms with Gasteiger partial charge in [-0.1, -0.05) is 47.1 Å². The van der Waals surface area contributed by atoms with Crippen molar-refractivity contribution in [1.29, 1.82) is 0 Å². The quantitative estimate of drug-likeness (QED) is 0.242. The van der Waals surface area contributed by atoms with E-state index in [1.165, 1.54) is 6.08 Å². The molecule has 0 bridgehead atoms. The van der Waals surface area contributed by atoms with Gasteiger partial charge in [0, 0.05) is 35.9 Å². The number of nitrogens with zero attached hydrogens (tertiary/aromatic N) is 1. The minimum atomic E-state index is -0.188. The summed E-state index contributed by atoms with van der Waals surface area (Å²) in [5.41, 5.74) is 2.47. The molecule has 1 aliphatic rings. The van der Waals surface area contributed by atoms with Gasteiger partial charge in [0.1, 0.15) is 11.5 Å². The Hall–Kier alpha value is -2.44. The molecule has 32 heavy (non-hydrogen) atoms. The van der Waals surface area contributed by atoms with Crippen molar-refractivity contribution in [2.75, 3.05) is 4.90 Å². The molecule has 1 amide bonds. The molecule has 0 unspecified atom stereocenters. The average Bonchev–Trinajstić information content (AvgIpc) is 3.24. The number of hydrogen-bond acceptors (Lipinski definition) is 3. The number of hydrogen-bond donors (Lipinski definition) is 0. The molecule has 0 spiro atoms. The average molecular weight is 543 g/mol. The number of benzene rings is 3. The molecule has 0 radical (unpaired) electrons. The number of fused-ring (bicyclic) bond motifs is 2. The number of halogens is 3. The zero-order chi connectivity index (χ0) is 22.2. The van der Waals surface area contributed by atoms with Gasteiger partial charge in [-0.2, -0.15) is 0 Å². The number of furan rings is 1. The van der Waals surface area contributed by atoms with E-state index in [9.17, 15) is 4.79 Å². The third-order valence-electron chi connectivity index (χ3n) is 4.92. The zero-order valence-electron chi connectivity index (χ0n) is 16.4. The van der Waals surface area contributed by atoms with E-state index in [4.69, 9.17) is 27.6 Å². The van der Waals surface area contributed by atoms with E-state index in [2.05, 4.69) is 15.9 Å². The molecule has 0 saturated carbocycles. The molecule has 2 heterocycles. The molecule has 7 heteroatoms. The van der Waals surface area contributed by atoms with E-state index < -0.39 is 0 Å². The second kappa shape index (κ2) is 8.83. The van der Waals surface area contributed by atoms with Crippen LogP contribution in [0.5, 0.6) is 0 Å². The topological polar surface area (TPSA) is 33.5 Å². The number of amides is 1. The van der Waals surface area contributed by atoms with Crippen molar-refractivity contribution in [2.24, 2.45) is 0 Å². The lowest BCUT2D eigenvalue weighted by atomic mass is 10.2. The summed E-state index contributed by atoms with van der Waals surface area (Å²) in [6.07, 6.45) is 3.18. The molecular formula is C25H14BrCl2NO2S. The normalized spacial score (nSPS) is 12.7. The molecule has 0 atom stereocenters. The highest BCUT2D eigenvalue weighted by Crippen LogP contribution is 2.48. The predicted octanol–water partition coefficient (Wildman–Crippen LogP) is 8.86. The van der Waals surface area contributed by atoms with Crippen LogP contribution < -0.4 is 4.90 Å². The van der Waals surface area contributed by atoms with Gasteiger partial charge in [-0.15, -0.1) is 0 Å². The first kappa shape index (κ1) is 21.4. The maximum absolute atomic E-state index is 13.3. The summed E-state index contributed by atoms with van der Waals surface area (Å²) in [6, 6.07) is 22.6. The van der Waals surface area contributed by atoms with Crippen molar-refractivity contribution in [3.8, 4) is 11.3 Å². The van der Waals surface area contributed by atoms with Crippen LogP contribution in [0.25, 0.3) is 17.4 Å². The molecule has 0 fully saturated rings. The van der Waals surface area contributed by atoms with Crippen LogP contribution in [0.1, 0.15) is 5.76 Å². The third-order valence-corrected chi connectivity index (χ3v) is 7.18. The standard InChI is InChI=1S/C25H14BrCl2NO2S/c26-19-13-15(27)5-9-18(19)22-10-7-17(31-22)8-12-25(30)29-20-3-1-2-4-23(20)32-24-11-6-16(28)14-21(24)29/h1-14H/b12-8+. The van der Waals surface area contributed by atoms with Crippen molar-refractivity contribution < 1.29 is 9.21 Å². The largest absolute Gasteiger partial charge is 0.457 e. The van der Waals surface area contributed by atoms with Gasteiger partial charge in [0.2, 0.25) is 0 Å². The Bertz CT molecular complexity index is 1380. The zero-order valence-corrected chi connectivity index (χ0v) is 20.3. The fraction of sp³-hybridized carbons (Fsp3) is 0. The lowest BCUT2D eigenvalue weighted by Crippen LogP contribution is -2.26. The fourth-order valence-electron chi connectivity index (χ4n) is 3.47. The first-order valence-electron chi connectivity index (χ1n) is 9.63. The van der Waals surface area contributed by atoms with E-state index in [0.29, 0.717) is 21.6 Å². The number of carbonyl (C=O) groups excluding carboxylic acids is 1. The summed E-state index contributed by atoms with van der Waals surface area (Å²) in [6.45, 7) is 0. The summed E-state index contributed by atoms with van der Waals surface area (Å²) < 4.78 is 6.77. The lowest BCUT2D eigenvalue weighted by Gasteiger charge is -2.30. The van der Waals surface area contributed by atoms with Gasteiger partial charge >= 0.3 is 0 Å². The molecule has 3 aromatic carbocycles. The van der Waals surface area contributed by atoms with Gasteiger partial charge in [-0.05, 0) is 82.7 Å². The molecule has 0 aliphatic carbocycles. The first-order valence-corrected chi connectivity index (χ1v) is 12.0. The molecule has 1 aliphatic heterocycles. The first-order chi connectivity index (χ1) is 15.5. The van der Waals surface area contributed by atoms with E-state index >= 15 is 0 Å². The summed E-state index contributed by atoms with van der Waals surface area (Å²) in [7, 11) is 0. The number of para-hydroxylation sites is 1. The molecule has 0 saturated heterocycles. The SMILES string of the molecule is O=C(/C=C/c1ccc(-c2ccc(Cl)cc2Br)o1)N1c2ccccc2Sc2ccc(Cl)cc21. The van der Waals surface area contributed by atoms with Crippen molar-refractivity contribution in [1.82, 2.24) is 0 Å². The summed E-state index contributed by atoms with van der Waals surface area (Å²) in [4.78, 5) is 17.0. The smallest absolute Gasteiger partial charge is 0.255 e. The summed E-state index contributed by atoms with van der Waals surface area (Å²) in [5, 5.41) is 1.22. The number of anilines is 2. The van der Waals surface area contributed by atoms with Crippen LogP contribution in [0.15, 0.2) is 97.6 Å². The maximum atomic E-state index is 13.3. The van der Waals surface area contributed by atoms with Crippen LogP contribution in [-0.2, 0) is 4.79 Å². The van der Waals surface area contributed by atoms with E-state index in [1.807, 2.05) is 66.7 Å². The molecule has 4 aromatic rings. The molecule has 1 aromatic heterocycles. The summed E-state index contributed by atoms with van der Waals surface area (Å²) >= 11 is 17.4. The van der Waals surface area contributed by atoms with Gasteiger partial charge in [0.25, 0.3) is 5.91 Å². The van der Waals surface area contributed by atoms with Gasteiger partial charge in [-0.3, -0.25) is 9.69 Å². The van der Waals surface area contributed by atoms with Gasteiger partial charge in [0.15, 0.2) is 0 Å². The minimum absolute atomic E-state index is 0.188. The van der Waals surface area contributed by atoms with Crippen LogP contribution >= 0.6 is 50.9 Å². The summed E-state index contributed by atoms with van der Waals surface area (Å²) in [5.74, 6) is 1.06. The van der Waals surface area contributed by atoms with Crippen LogP contribution in [0, 0.1) is 0 Å². The van der Waals surface area contributed by atoms with Crippen LogP contribution in [0.2, 0.25) is 10.0 Å². The maximum Gasteiger partial charge on any atom is 0.255 e. The lowest BCUT2D eigenvalue weighted by molar-refractivity contribution is -0.113. The Kier molecular flexibility index (Phi) is 5.91. The van der Waals surface area contributed by atoms with Crippen molar-refractivity contribution >= 4 is 74.3 Å². The second-order valence-corrected chi connectivity index (χ2v) is 9.83. The Morgan fingerprint density at radius 2 is 1.66 bits per heavy atom. The highest BCUT2D eigenvalue weighted by molar-refractivity contribution is 9.10. The molecule has 0 N–H and O–H groups in total. The van der Waals surface area contributed by atoms with Gasteiger partial charge in [0.05, 0.1) is 11.4 Å². The Labute approximate surface area is 207 Å². The van der Waals surface area contributed by atoms with E-state index in [0.717, 1.165) is 31.2 Å². The van der Waals surface area contributed by atoms with Gasteiger partial charge < -0.3 is 4.42 Å². The van der Waals surface area contributed by atoms with Gasteiger partial charge in [-0.25, -0.2) is 0 Å². The third kappa shape index (κ3) is 4.14. The van der Waals surface area contributed by atoms with Crippen LogP contribution in [-0.4, -0.2) is 5.91 Å². The van der Waals surface area contributed by atoms with Crippen molar-refractivity contribution in [2.45, 2.75) is 9.79 Å². The predicted molar refractivity (Wildman–Crippen MR) is 135 cm³/mol. The molecule has 158 valence electrons.